The van der Waals surface area contributed by atoms with Crippen molar-refractivity contribution in [3.63, 3.8) is 0 Å². The van der Waals surface area contributed by atoms with Crippen molar-refractivity contribution < 1.29 is 9.22 Å². The second-order valence-electron chi connectivity index (χ2n) is 9.27. The Balaban J connectivity index is 1.52. The van der Waals surface area contributed by atoms with Gasteiger partial charge < -0.3 is 9.22 Å². The SMILES string of the molecule is CC1(C)[C@H]2CC[C@@]1(C)[C@@H](OCC[N+](C)(C)Cc1ccccc1)C2. The Morgan fingerprint density at radius 2 is 1.83 bits per heavy atom. The van der Waals surface area contributed by atoms with Gasteiger partial charge in [0.05, 0.1) is 26.8 Å². The number of quaternary nitrogens is 1. The van der Waals surface area contributed by atoms with Gasteiger partial charge in [-0.3, -0.25) is 0 Å². The summed E-state index contributed by atoms with van der Waals surface area (Å²) >= 11 is 0. The summed E-state index contributed by atoms with van der Waals surface area (Å²) in [5.74, 6) is 0.865. The van der Waals surface area contributed by atoms with Gasteiger partial charge in [0.15, 0.2) is 0 Å². The van der Waals surface area contributed by atoms with Gasteiger partial charge in [-0.05, 0) is 36.0 Å². The molecule has 2 saturated carbocycles. The van der Waals surface area contributed by atoms with Crippen LogP contribution in [0.15, 0.2) is 30.3 Å². The molecule has 0 aromatic heterocycles. The van der Waals surface area contributed by atoms with Crippen molar-refractivity contribution in [1.29, 1.82) is 0 Å². The average Bonchev–Trinajstić information content (AvgIpc) is 2.81. The first-order valence-corrected chi connectivity index (χ1v) is 9.22. The number of rotatable bonds is 6. The van der Waals surface area contributed by atoms with Gasteiger partial charge in [0.1, 0.15) is 13.1 Å². The fraction of sp³-hybridized carbons (Fsp3) is 0.714. The largest absolute Gasteiger partial charge is 0.372 e. The smallest absolute Gasteiger partial charge is 0.104 e. The van der Waals surface area contributed by atoms with Crippen LogP contribution in [-0.4, -0.2) is 37.8 Å². The van der Waals surface area contributed by atoms with Crippen LogP contribution in [-0.2, 0) is 11.3 Å². The van der Waals surface area contributed by atoms with Gasteiger partial charge in [-0.2, -0.15) is 0 Å². The Morgan fingerprint density at radius 3 is 2.39 bits per heavy atom. The van der Waals surface area contributed by atoms with Crippen LogP contribution in [0, 0.1) is 16.7 Å². The zero-order valence-electron chi connectivity index (χ0n) is 15.6. The quantitative estimate of drug-likeness (QED) is 0.702. The number of nitrogens with zero attached hydrogens (tertiary/aromatic N) is 1. The van der Waals surface area contributed by atoms with Gasteiger partial charge in [0, 0.05) is 5.56 Å². The molecule has 0 spiro atoms. The van der Waals surface area contributed by atoms with Crippen LogP contribution in [0.2, 0.25) is 0 Å². The average molecular weight is 317 g/mol. The first-order chi connectivity index (χ1) is 10.7. The van der Waals surface area contributed by atoms with E-state index in [9.17, 15) is 0 Å². The van der Waals surface area contributed by atoms with Crippen molar-refractivity contribution in [2.75, 3.05) is 27.2 Å². The third-order valence-electron chi connectivity index (χ3n) is 7.18. The zero-order chi connectivity index (χ0) is 16.7. The van der Waals surface area contributed by atoms with E-state index in [0.29, 0.717) is 16.9 Å². The lowest BCUT2D eigenvalue weighted by Crippen LogP contribution is -2.43. The molecule has 0 radical (unpaired) electrons. The Kier molecular flexibility index (Phi) is 4.35. The highest BCUT2D eigenvalue weighted by Crippen LogP contribution is 2.66. The number of ether oxygens (including phenoxy) is 1. The fourth-order valence-corrected chi connectivity index (χ4v) is 4.98. The molecule has 0 saturated heterocycles. The van der Waals surface area contributed by atoms with Gasteiger partial charge in [0.2, 0.25) is 0 Å². The van der Waals surface area contributed by atoms with Crippen LogP contribution in [0.5, 0.6) is 0 Å². The summed E-state index contributed by atoms with van der Waals surface area (Å²) in [5, 5.41) is 0. The number of benzene rings is 1. The number of likely N-dealkylation sites (N-methyl/N-ethyl adjacent to an activating group) is 1. The molecule has 2 aliphatic carbocycles. The fourth-order valence-electron chi connectivity index (χ4n) is 4.98. The number of fused-ring (bicyclic) bond motifs is 2. The Morgan fingerprint density at radius 1 is 1.13 bits per heavy atom. The molecule has 0 unspecified atom stereocenters. The molecule has 2 aliphatic rings. The van der Waals surface area contributed by atoms with E-state index in [1.807, 2.05) is 0 Å². The Labute approximate surface area is 142 Å². The first-order valence-electron chi connectivity index (χ1n) is 9.22. The highest BCUT2D eigenvalue weighted by Gasteiger charge is 2.61. The Hall–Kier alpha value is -0.860. The van der Waals surface area contributed by atoms with Gasteiger partial charge in [-0.25, -0.2) is 0 Å². The molecule has 1 aromatic rings. The highest BCUT2D eigenvalue weighted by molar-refractivity contribution is 5.13. The van der Waals surface area contributed by atoms with E-state index < -0.39 is 0 Å². The van der Waals surface area contributed by atoms with Gasteiger partial charge in [0.25, 0.3) is 0 Å². The molecule has 23 heavy (non-hydrogen) atoms. The molecule has 3 rings (SSSR count). The van der Waals surface area contributed by atoms with Crippen LogP contribution in [0.3, 0.4) is 0 Å². The van der Waals surface area contributed by atoms with E-state index >= 15 is 0 Å². The van der Waals surface area contributed by atoms with Crippen molar-refractivity contribution in [1.82, 2.24) is 0 Å². The van der Waals surface area contributed by atoms with Crippen molar-refractivity contribution in [2.45, 2.75) is 52.7 Å². The molecule has 3 atom stereocenters. The summed E-state index contributed by atoms with van der Waals surface area (Å²) in [6.45, 7) is 10.4. The standard InChI is InChI=1S/C21H34NO/c1-20(2)18-11-12-21(20,3)19(15-18)23-14-13-22(4,5)16-17-9-7-6-8-10-17/h6-10,18-19H,11-16H2,1-5H3/q+1/t18-,19-,21-/m0/s1. The summed E-state index contributed by atoms with van der Waals surface area (Å²) in [5.41, 5.74) is 2.24. The maximum Gasteiger partial charge on any atom is 0.104 e. The summed E-state index contributed by atoms with van der Waals surface area (Å²) in [4.78, 5) is 0. The molecule has 0 amide bonds. The normalized spacial score (nSPS) is 32.4. The zero-order valence-corrected chi connectivity index (χ0v) is 15.6. The van der Waals surface area contributed by atoms with Gasteiger partial charge in [-0.15, -0.1) is 0 Å². The lowest BCUT2D eigenvalue weighted by Gasteiger charge is -2.39. The van der Waals surface area contributed by atoms with Crippen LogP contribution in [0.1, 0.15) is 45.6 Å². The van der Waals surface area contributed by atoms with E-state index in [4.69, 9.17) is 4.74 Å². The second-order valence-corrected chi connectivity index (χ2v) is 9.27. The van der Waals surface area contributed by atoms with Crippen LogP contribution < -0.4 is 0 Å². The van der Waals surface area contributed by atoms with Gasteiger partial charge >= 0.3 is 0 Å². The maximum atomic E-state index is 6.43. The molecule has 0 aliphatic heterocycles. The molecule has 1 aromatic carbocycles. The summed E-state index contributed by atoms with van der Waals surface area (Å²) in [7, 11) is 4.62. The van der Waals surface area contributed by atoms with Crippen LogP contribution in [0.25, 0.3) is 0 Å². The second kappa shape index (κ2) is 5.89. The first kappa shape index (κ1) is 17.0. The maximum absolute atomic E-state index is 6.43. The van der Waals surface area contributed by atoms with Crippen molar-refractivity contribution in [2.24, 2.45) is 16.7 Å². The molecule has 0 heterocycles. The molecule has 2 nitrogen and oxygen atoms in total. The molecule has 2 fully saturated rings. The minimum absolute atomic E-state index is 0.383. The number of hydrogen-bond donors (Lipinski definition) is 0. The summed E-state index contributed by atoms with van der Waals surface area (Å²) < 4.78 is 7.42. The topological polar surface area (TPSA) is 9.23 Å². The van der Waals surface area contributed by atoms with Crippen LogP contribution >= 0.6 is 0 Å². The third-order valence-corrected chi connectivity index (χ3v) is 7.18. The van der Waals surface area contributed by atoms with E-state index in [1.54, 1.807) is 0 Å². The van der Waals surface area contributed by atoms with E-state index in [0.717, 1.165) is 30.1 Å². The van der Waals surface area contributed by atoms with Gasteiger partial charge in [-0.1, -0.05) is 51.1 Å². The monoisotopic (exact) mass is 316 g/mol. The molecular formula is C21H34NO+. The number of hydrogen-bond acceptors (Lipinski definition) is 1. The minimum Gasteiger partial charge on any atom is -0.372 e. The molecule has 0 N–H and O–H groups in total. The van der Waals surface area contributed by atoms with Crippen molar-refractivity contribution >= 4 is 0 Å². The van der Waals surface area contributed by atoms with E-state index in [-0.39, 0.29) is 0 Å². The minimum atomic E-state index is 0.383. The Bertz CT molecular complexity index is 536. The molecule has 128 valence electrons. The predicted octanol–water partition coefficient (Wildman–Crippen LogP) is 4.49. The predicted molar refractivity (Wildman–Crippen MR) is 96.1 cm³/mol. The van der Waals surface area contributed by atoms with E-state index in [2.05, 4.69) is 65.2 Å². The van der Waals surface area contributed by atoms with Crippen molar-refractivity contribution in [3.05, 3.63) is 35.9 Å². The molecule has 2 bridgehead atoms. The molecular weight excluding hydrogens is 282 g/mol. The van der Waals surface area contributed by atoms with Crippen molar-refractivity contribution in [3.8, 4) is 0 Å². The highest BCUT2D eigenvalue weighted by atomic mass is 16.5. The lowest BCUT2D eigenvalue weighted by molar-refractivity contribution is -0.904. The molecule has 2 heteroatoms. The lowest BCUT2D eigenvalue weighted by atomic mass is 9.70. The summed E-state index contributed by atoms with van der Waals surface area (Å²) in [6.07, 6.45) is 4.49. The summed E-state index contributed by atoms with van der Waals surface area (Å²) in [6, 6.07) is 10.8. The van der Waals surface area contributed by atoms with E-state index in [1.165, 1.54) is 24.8 Å². The third kappa shape index (κ3) is 3.08. The van der Waals surface area contributed by atoms with Crippen LogP contribution in [0.4, 0.5) is 0 Å².